The fourth-order valence-electron chi connectivity index (χ4n) is 2.22. The Morgan fingerprint density at radius 2 is 1.71 bits per heavy atom. The highest BCUT2D eigenvalue weighted by molar-refractivity contribution is 6.49. The molecule has 0 saturated carbocycles. The lowest BCUT2D eigenvalue weighted by Crippen LogP contribution is -2.13. The molecule has 0 bridgehead atoms. The van der Waals surface area contributed by atoms with Gasteiger partial charge in [-0.05, 0) is 18.2 Å². The fourth-order valence-corrected chi connectivity index (χ4v) is 2.69. The van der Waals surface area contributed by atoms with Gasteiger partial charge in [0, 0.05) is 22.6 Å². The van der Waals surface area contributed by atoms with Crippen molar-refractivity contribution in [3.05, 3.63) is 69.7 Å². The van der Waals surface area contributed by atoms with Gasteiger partial charge in [-0.25, -0.2) is 0 Å². The summed E-state index contributed by atoms with van der Waals surface area (Å²) < 4.78 is 0. The zero-order valence-electron chi connectivity index (χ0n) is 10.9. The van der Waals surface area contributed by atoms with Gasteiger partial charge in [-0.15, -0.1) is 0 Å². The Bertz CT molecular complexity index is 728. The number of carbonyl (C=O) groups excluding carboxylic acids is 1. The standard InChI is InChI=1S/C16H11Cl2NO2/c17-12-7-3-1-5-10(12)15-9-14(19-21-15)16(20)11-6-2-4-8-13(11)18/h1-8,15H,9H2. The van der Waals surface area contributed by atoms with E-state index in [2.05, 4.69) is 5.16 Å². The van der Waals surface area contributed by atoms with Gasteiger partial charge < -0.3 is 4.84 Å². The maximum absolute atomic E-state index is 12.4. The molecule has 2 aromatic carbocycles. The smallest absolute Gasteiger partial charge is 0.212 e. The number of Topliss-reactive ketones (excluding diaryl/α,β-unsaturated/α-hetero) is 1. The molecule has 0 aliphatic carbocycles. The third-order valence-corrected chi connectivity index (χ3v) is 3.98. The highest BCUT2D eigenvalue weighted by Gasteiger charge is 2.29. The number of rotatable bonds is 3. The molecule has 0 N–H and O–H groups in total. The number of hydrogen-bond acceptors (Lipinski definition) is 3. The van der Waals surface area contributed by atoms with E-state index in [1.54, 1.807) is 30.3 Å². The van der Waals surface area contributed by atoms with Crippen LogP contribution in [-0.4, -0.2) is 11.5 Å². The maximum atomic E-state index is 12.4. The molecule has 106 valence electrons. The van der Waals surface area contributed by atoms with Crippen LogP contribution >= 0.6 is 23.2 Å². The lowest BCUT2D eigenvalue weighted by Gasteiger charge is -2.09. The minimum atomic E-state index is -0.333. The van der Waals surface area contributed by atoms with Gasteiger partial charge in [0.1, 0.15) is 5.71 Å². The van der Waals surface area contributed by atoms with Crippen molar-refractivity contribution in [1.29, 1.82) is 0 Å². The third-order valence-electron chi connectivity index (χ3n) is 3.30. The molecule has 2 aromatic rings. The molecule has 1 aliphatic heterocycles. The van der Waals surface area contributed by atoms with Gasteiger partial charge in [0.25, 0.3) is 0 Å². The first-order chi connectivity index (χ1) is 10.2. The summed E-state index contributed by atoms with van der Waals surface area (Å²) in [6.07, 6.45) is 0.0495. The molecule has 0 radical (unpaired) electrons. The predicted octanol–water partition coefficient (Wildman–Crippen LogP) is 4.69. The number of ketones is 1. The third kappa shape index (κ3) is 2.80. The van der Waals surface area contributed by atoms with Crippen LogP contribution in [0.3, 0.4) is 0 Å². The maximum Gasteiger partial charge on any atom is 0.212 e. The van der Waals surface area contributed by atoms with E-state index in [0.717, 1.165) is 5.56 Å². The van der Waals surface area contributed by atoms with E-state index in [1.807, 2.05) is 18.2 Å². The van der Waals surface area contributed by atoms with Crippen molar-refractivity contribution in [1.82, 2.24) is 0 Å². The highest BCUT2D eigenvalue weighted by atomic mass is 35.5. The fraction of sp³-hybridized carbons (Fsp3) is 0.125. The van der Waals surface area contributed by atoms with E-state index in [4.69, 9.17) is 28.0 Å². The Morgan fingerprint density at radius 1 is 1.05 bits per heavy atom. The molecule has 1 aliphatic rings. The van der Waals surface area contributed by atoms with Crippen molar-refractivity contribution < 1.29 is 9.63 Å². The van der Waals surface area contributed by atoms with Gasteiger partial charge in [-0.1, -0.05) is 58.7 Å². The predicted molar refractivity (Wildman–Crippen MR) is 83.1 cm³/mol. The zero-order valence-corrected chi connectivity index (χ0v) is 12.4. The molecule has 0 spiro atoms. The number of benzene rings is 2. The van der Waals surface area contributed by atoms with Crippen LogP contribution in [0.1, 0.15) is 28.4 Å². The topological polar surface area (TPSA) is 38.7 Å². The van der Waals surface area contributed by atoms with Crippen molar-refractivity contribution in [3.63, 3.8) is 0 Å². The largest absolute Gasteiger partial charge is 0.387 e. The Hall–Kier alpha value is -1.84. The summed E-state index contributed by atoms with van der Waals surface area (Å²) in [7, 11) is 0. The van der Waals surface area contributed by atoms with E-state index in [1.165, 1.54) is 0 Å². The molecule has 1 unspecified atom stereocenters. The van der Waals surface area contributed by atoms with Crippen LogP contribution in [0, 0.1) is 0 Å². The number of halogens is 2. The summed E-state index contributed by atoms with van der Waals surface area (Å²) in [5, 5.41) is 4.91. The Balaban J connectivity index is 1.80. The summed E-state index contributed by atoms with van der Waals surface area (Å²) in [4.78, 5) is 17.8. The summed E-state index contributed by atoms with van der Waals surface area (Å²) >= 11 is 12.2. The van der Waals surface area contributed by atoms with E-state index < -0.39 is 0 Å². The summed E-state index contributed by atoms with van der Waals surface area (Å²) in [6.45, 7) is 0. The van der Waals surface area contributed by atoms with E-state index in [-0.39, 0.29) is 11.9 Å². The molecular weight excluding hydrogens is 309 g/mol. The van der Waals surface area contributed by atoms with Crippen LogP contribution < -0.4 is 0 Å². The van der Waals surface area contributed by atoms with Gasteiger partial charge in [-0.3, -0.25) is 4.79 Å². The molecule has 0 aromatic heterocycles. The lowest BCUT2D eigenvalue weighted by molar-refractivity contribution is 0.0857. The van der Waals surface area contributed by atoms with Crippen LogP contribution in [0.4, 0.5) is 0 Å². The molecule has 1 heterocycles. The lowest BCUT2D eigenvalue weighted by atomic mass is 9.99. The molecule has 21 heavy (non-hydrogen) atoms. The molecule has 3 nitrogen and oxygen atoms in total. The average molecular weight is 320 g/mol. The molecule has 1 atom stereocenters. The SMILES string of the molecule is O=C(C1=NOC(c2ccccc2Cl)C1)c1ccccc1Cl. The van der Waals surface area contributed by atoms with E-state index >= 15 is 0 Å². The first-order valence-corrected chi connectivity index (χ1v) is 7.19. The summed E-state index contributed by atoms with van der Waals surface area (Å²) in [5.41, 5.74) is 1.61. The highest BCUT2D eigenvalue weighted by Crippen LogP contribution is 2.33. The first-order valence-electron chi connectivity index (χ1n) is 6.43. The number of carbonyl (C=O) groups is 1. The quantitative estimate of drug-likeness (QED) is 0.769. The van der Waals surface area contributed by atoms with E-state index in [0.29, 0.717) is 27.7 Å². The zero-order chi connectivity index (χ0) is 14.8. The Labute approximate surface area is 132 Å². The van der Waals surface area contributed by atoms with Gasteiger partial charge >= 0.3 is 0 Å². The number of nitrogens with zero attached hydrogens (tertiary/aromatic N) is 1. The minimum absolute atomic E-state index is 0.213. The second kappa shape index (κ2) is 5.88. The Kier molecular flexibility index (Phi) is 3.95. The second-order valence-corrected chi connectivity index (χ2v) is 5.48. The monoisotopic (exact) mass is 319 g/mol. The van der Waals surface area contributed by atoms with Gasteiger partial charge in [-0.2, -0.15) is 0 Å². The van der Waals surface area contributed by atoms with Crippen molar-refractivity contribution in [2.75, 3.05) is 0 Å². The molecule has 0 amide bonds. The molecular formula is C16H11Cl2NO2. The van der Waals surface area contributed by atoms with Crippen molar-refractivity contribution in [2.24, 2.45) is 5.16 Å². The second-order valence-electron chi connectivity index (χ2n) is 4.67. The molecule has 5 heteroatoms. The van der Waals surface area contributed by atoms with Gasteiger partial charge in [0.15, 0.2) is 6.10 Å². The number of oxime groups is 1. The van der Waals surface area contributed by atoms with Crippen LogP contribution in [0.5, 0.6) is 0 Å². The van der Waals surface area contributed by atoms with Gasteiger partial charge in [0.2, 0.25) is 5.78 Å². The average Bonchev–Trinajstić information content (AvgIpc) is 2.97. The summed E-state index contributed by atoms with van der Waals surface area (Å²) in [6, 6.07) is 14.3. The molecule has 0 saturated heterocycles. The van der Waals surface area contributed by atoms with Gasteiger partial charge in [0.05, 0.1) is 5.02 Å². The Morgan fingerprint density at radius 3 is 2.43 bits per heavy atom. The van der Waals surface area contributed by atoms with E-state index in [9.17, 15) is 4.79 Å². The minimum Gasteiger partial charge on any atom is -0.387 e. The first kappa shape index (κ1) is 14.1. The number of hydrogen-bond donors (Lipinski definition) is 0. The molecule has 0 fully saturated rings. The van der Waals surface area contributed by atoms with Crippen molar-refractivity contribution >= 4 is 34.7 Å². The van der Waals surface area contributed by atoms with Crippen LogP contribution in [0.25, 0.3) is 0 Å². The normalized spacial score (nSPS) is 17.2. The summed E-state index contributed by atoms with van der Waals surface area (Å²) in [5.74, 6) is -0.213. The molecule has 3 rings (SSSR count). The van der Waals surface area contributed by atoms with Crippen LogP contribution in [0.2, 0.25) is 10.0 Å². The van der Waals surface area contributed by atoms with Crippen molar-refractivity contribution in [2.45, 2.75) is 12.5 Å². The van der Waals surface area contributed by atoms with Crippen molar-refractivity contribution in [3.8, 4) is 0 Å². The van der Waals surface area contributed by atoms with Crippen LogP contribution in [0.15, 0.2) is 53.7 Å². The van der Waals surface area contributed by atoms with Crippen LogP contribution in [-0.2, 0) is 4.84 Å².